The number of guanidine groups is 1. The van der Waals surface area contributed by atoms with Crippen LogP contribution in [0.5, 0.6) is 0 Å². The zero-order valence-corrected chi connectivity index (χ0v) is 19.6. The smallest absolute Gasteiger partial charge is 0.240 e. The summed E-state index contributed by atoms with van der Waals surface area (Å²) in [5.41, 5.74) is 2.28. The van der Waals surface area contributed by atoms with Crippen LogP contribution >= 0.6 is 24.0 Å². The molecule has 0 fully saturated rings. The van der Waals surface area contributed by atoms with Gasteiger partial charge in [0.1, 0.15) is 0 Å². The van der Waals surface area contributed by atoms with Gasteiger partial charge in [-0.3, -0.25) is 4.99 Å². The van der Waals surface area contributed by atoms with Crippen LogP contribution in [0.2, 0.25) is 0 Å². The lowest BCUT2D eigenvalue weighted by Gasteiger charge is -2.16. The van der Waals surface area contributed by atoms with E-state index >= 15 is 0 Å². The van der Waals surface area contributed by atoms with Gasteiger partial charge in [-0.1, -0.05) is 55.0 Å². The molecule has 6 nitrogen and oxygen atoms in total. The molecule has 0 aromatic heterocycles. The summed E-state index contributed by atoms with van der Waals surface area (Å²) >= 11 is 0. The maximum atomic E-state index is 12.2. The monoisotopic (exact) mass is 516 g/mol. The van der Waals surface area contributed by atoms with Gasteiger partial charge < -0.3 is 10.6 Å². The topological polar surface area (TPSA) is 82.6 Å². The van der Waals surface area contributed by atoms with Gasteiger partial charge in [0.25, 0.3) is 0 Å². The lowest BCUT2D eigenvalue weighted by atomic mass is 10.0. The number of nitrogens with one attached hydrogen (secondary N) is 3. The van der Waals surface area contributed by atoms with Crippen molar-refractivity contribution in [1.29, 1.82) is 0 Å². The fourth-order valence-electron chi connectivity index (χ4n) is 2.54. The average Bonchev–Trinajstić information content (AvgIpc) is 2.68. The molecule has 1 unspecified atom stereocenters. The molecule has 2 aromatic rings. The fraction of sp³-hybridized carbons (Fsp3) is 0.350. The van der Waals surface area contributed by atoms with Crippen molar-refractivity contribution in [3.8, 4) is 0 Å². The van der Waals surface area contributed by atoms with Gasteiger partial charge in [0, 0.05) is 26.7 Å². The molecule has 0 amide bonds. The molecule has 0 heterocycles. The lowest BCUT2D eigenvalue weighted by Crippen LogP contribution is -2.42. The van der Waals surface area contributed by atoms with Crippen LogP contribution in [-0.4, -0.2) is 41.1 Å². The first kappa shape index (κ1) is 24.4. The van der Waals surface area contributed by atoms with Crippen LogP contribution in [0.25, 0.3) is 0 Å². The first-order valence-corrected chi connectivity index (χ1v) is 10.5. The number of nitrogens with zero attached hydrogens (tertiary/aromatic N) is 1. The van der Waals surface area contributed by atoms with Crippen LogP contribution in [0, 0.1) is 6.92 Å². The normalized spacial score (nSPS) is 12.8. The van der Waals surface area contributed by atoms with Crippen molar-refractivity contribution in [3.63, 3.8) is 0 Å². The maximum absolute atomic E-state index is 12.2. The molecule has 0 aliphatic carbocycles. The molecule has 3 N–H and O–H groups in total. The van der Waals surface area contributed by atoms with Gasteiger partial charge in [-0.2, -0.15) is 0 Å². The Morgan fingerprint density at radius 1 is 1.00 bits per heavy atom. The molecule has 0 radical (unpaired) electrons. The molecule has 0 aliphatic rings. The van der Waals surface area contributed by atoms with Crippen LogP contribution in [0.3, 0.4) is 0 Å². The second-order valence-corrected chi connectivity index (χ2v) is 8.17. The SMILES string of the molecule is CN=C(NCCNS(=O)(=O)c1ccc(C)cc1)NCC(C)c1ccccc1.I. The maximum Gasteiger partial charge on any atom is 0.240 e. The van der Waals surface area contributed by atoms with Crippen molar-refractivity contribution in [3.05, 3.63) is 65.7 Å². The molecule has 28 heavy (non-hydrogen) atoms. The van der Waals surface area contributed by atoms with E-state index in [2.05, 4.69) is 39.4 Å². The van der Waals surface area contributed by atoms with E-state index in [1.165, 1.54) is 5.56 Å². The van der Waals surface area contributed by atoms with Gasteiger partial charge in [-0.25, -0.2) is 13.1 Å². The molecule has 0 saturated heterocycles. The van der Waals surface area contributed by atoms with Crippen molar-refractivity contribution >= 4 is 40.0 Å². The number of halogens is 1. The second-order valence-electron chi connectivity index (χ2n) is 6.40. The van der Waals surface area contributed by atoms with Gasteiger partial charge in [0.05, 0.1) is 4.90 Å². The zero-order chi connectivity index (χ0) is 19.7. The number of hydrogen-bond donors (Lipinski definition) is 3. The Morgan fingerprint density at radius 2 is 1.64 bits per heavy atom. The lowest BCUT2D eigenvalue weighted by molar-refractivity contribution is 0.580. The minimum absolute atomic E-state index is 0. The van der Waals surface area contributed by atoms with Crippen LogP contribution in [0.4, 0.5) is 0 Å². The summed E-state index contributed by atoms with van der Waals surface area (Å²) < 4.78 is 27.1. The summed E-state index contributed by atoms with van der Waals surface area (Å²) in [6.45, 7) is 5.50. The summed E-state index contributed by atoms with van der Waals surface area (Å²) in [4.78, 5) is 4.44. The molecular weight excluding hydrogens is 487 g/mol. The van der Waals surface area contributed by atoms with Crippen molar-refractivity contribution in [2.75, 3.05) is 26.7 Å². The second kappa shape index (κ2) is 12.0. The third-order valence-electron chi connectivity index (χ3n) is 4.21. The highest BCUT2D eigenvalue weighted by Gasteiger charge is 2.12. The number of aryl methyl sites for hydroxylation is 1. The molecule has 0 saturated carbocycles. The van der Waals surface area contributed by atoms with E-state index in [-0.39, 0.29) is 35.4 Å². The fourth-order valence-corrected chi connectivity index (χ4v) is 3.57. The Labute approximate surface area is 185 Å². The van der Waals surface area contributed by atoms with Gasteiger partial charge in [0.2, 0.25) is 10.0 Å². The highest BCUT2D eigenvalue weighted by atomic mass is 127. The Hall–Kier alpha value is -1.65. The highest BCUT2D eigenvalue weighted by molar-refractivity contribution is 14.0. The standard InChI is InChI=1S/C20H28N4O2S.HI/c1-16-9-11-19(12-10-16)27(25,26)24-14-13-22-20(21-3)23-15-17(2)18-7-5-4-6-8-18;/h4-12,17,24H,13-15H2,1-3H3,(H2,21,22,23);1H. The van der Waals surface area contributed by atoms with E-state index in [1.54, 1.807) is 31.3 Å². The predicted octanol–water partition coefficient (Wildman–Crippen LogP) is 2.86. The van der Waals surface area contributed by atoms with E-state index in [1.807, 2.05) is 25.1 Å². The zero-order valence-electron chi connectivity index (χ0n) is 16.5. The predicted molar refractivity (Wildman–Crippen MR) is 126 cm³/mol. The van der Waals surface area contributed by atoms with Crippen LogP contribution in [0.15, 0.2) is 64.5 Å². The van der Waals surface area contributed by atoms with Crippen LogP contribution < -0.4 is 15.4 Å². The molecule has 0 bridgehead atoms. The number of benzene rings is 2. The molecule has 2 rings (SSSR count). The van der Waals surface area contributed by atoms with Crippen molar-refractivity contribution in [2.24, 2.45) is 4.99 Å². The van der Waals surface area contributed by atoms with Crippen LogP contribution in [0.1, 0.15) is 24.0 Å². The summed E-state index contributed by atoms with van der Waals surface area (Å²) in [5.74, 6) is 0.983. The van der Waals surface area contributed by atoms with Gasteiger partial charge in [-0.05, 0) is 30.5 Å². The summed E-state index contributed by atoms with van der Waals surface area (Å²) in [6, 6.07) is 17.0. The molecule has 0 spiro atoms. The van der Waals surface area contributed by atoms with Crippen molar-refractivity contribution in [2.45, 2.75) is 24.7 Å². The van der Waals surface area contributed by atoms with Gasteiger partial charge >= 0.3 is 0 Å². The third-order valence-corrected chi connectivity index (χ3v) is 5.69. The largest absolute Gasteiger partial charge is 0.356 e. The molecular formula is C20H29IN4O2S. The number of rotatable bonds is 8. The number of aliphatic imine (C=N–C) groups is 1. The van der Waals surface area contributed by atoms with Gasteiger partial charge in [-0.15, -0.1) is 24.0 Å². The number of hydrogen-bond acceptors (Lipinski definition) is 3. The van der Waals surface area contributed by atoms with Crippen molar-refractivity contribution < 1.29 is 8.42 Å². The molecule has 2 aromatic carbocycles. The minimum atomic E-state index is -3.49. The third kappa shape index (κ3) is 7.76. The average molecular weight is 516 g/mol. The van der Waals surface area contributed by atoms with E-state index in [0.29, 0.717) is 18.4 Å². The van der Waals surface area contributed by atoms with E-state index < -0.39 is 10.0 Å². The Bertz CT molecular complexity index is 840. The highest BCUT2D eigenvalue weighted by Crippen LogP contribution is 2.12. The minimum Gasteiger partial charge on any atom is -0.356 e. The molecule has 1 atom stereocenters. The molecule has 8 heteroatoms. The molecule has 154 valence electrons. The van der Waals surface area contributed by atoms with Crippen molar-refractivity contribution in [1.82, 2.24) is 15.4 Å². The number of sulfonamides is 1. The Balaban J connectivity index is 0.00000392. The quantitative estimate of drug-likeness (QED) is 0.218. The van der Waals surface area contributed by atoms with Crippen LogP contribution in [-0.2, 0) is 10.0 Å². The Kier molecular flexibility index (Phi) is 10.5. The summed E-state index contributed by atoms with van der Waals surface area (Å²) in [7, 11) is -1.80. The van der Waals surface area contributed by atoms with E-state index in [4.69, 9.17) is 0 Å². The first-order chi connectivity index (χ1) is 12.9. The first-order valence-electron chi connectivity index (χ1n) is 8.98. The van der Waals surface area contributed by atoms with E-state index in [0.717, 1.165) is 12.1 Å². The summed E-state index contributed by atoms with van der Waals surface area (Å²) in [6.07, 6.45) is 0. The van der Waals surface area contributed by atoms with E-state index in [9.17, 15) is 8.42 Å². The molecule has 0 aliphatic heterocycles. The Morgan fingerprint density at radius 3 is 2.25 bits per heavy atom. The van der Waals surface area contributed by atoms with Gasteiger partial charge in [0.15, 0.2) is 5.96 Å². The summed E-state index contributed by atoms with van der Waals surface area (Å²) in [5, 5.41) is 6.39.